The topological polar surface area (TPSA) is 91.2 Å². The lowest BCUT2D eigenvalue weighted by molar-refractivity contribution is -0.153. The number of benzene rings is 2. The highest BCUT2D eigenvalue weighted by Gasteiger charge is 2.28. The molecule has 158 valence electrons. The molecule has 10 heteroatoms. The molecule has 0 saturated carbocycles. The number of anilines is 1. The fourth-order valence-corrected chi connectivity index (χ4v) is 2.48. The van der Waals surface area contributed by atoms with Crippen LogP contribution in [-0.4, -0.2) is 31.1 Å². The Hall–Kier alpha value is -3.25. The molecule has 30 heavy (non-hydrogen) atoms. The fraction of sp³-hybridized carbons (Fsp3) is 0.250. The van der Waals surface area contributed by atoms with Gasteiger partial charge in [0.15, 0.2) is 6.61 Å². The second kappa shape index (κ2) is 10.5. The molecule has 0 saturated heterocycles. The van der Waals surface area contributed by atoms with Gasteiger partial charge in [0.25, 0.3) is 5.91 Å². The third-order valence-corrected chi connectivity index (χ3v) is 4.00. The van der Waals surface area contributed by atoms with Crippen LogP contribution in [0.4, 0.5) is 18.9 Å². The molecule has 0 spiro atoms. The average Bonchev–Trinajstić information content (AvgIpc) is 2.69. The maximum absolute atomic E-state index is 12.2. The Labute approximate surface area is 175 Å². The van der Waals surface area contributed by atoms with Crippen molar-refractivity contribution in [3.8, 4) is 11.8 Å². The van der Waals surface area contributed by atoms with Crippen LogP contribution in [0.2, 0.25) is 5.02 Å². The first-order valence-corrected chi connectivity index (χ1v) is 9.13. The maximum Gasteiger partial charge on any atom is 0.422 e. The van der Waals surface area contributed by atoms with Crippen molar-refractivity contribution in [3.63, 3.8) is 0 Å². The van der Waals surface area contributed by atoms with Crippen LogP contribution in [-0.2, 0) is 4.79 Å². The van der Waals surface area contributed by atoms with E-state index in [1.165, 1.54) is 18.2 Å². The Bertz CT molecular complexity index is 941. The molecule has 2 aromatic carbocycles. The van der Waals surface area contributed by atoms with Gasteiger partial charge in [0.2, 0.25) is 5.91 Å². The number of carbonyl (C=O) groups is 2. The van der Waals surface area contributed by atoms with Crippen LogP contribution >= 0.6 is 11.6 Å². The summed E-state index contributed by atoms with van der Waals surface area (Å²) in [7, 11) is 0. The monoisotopic (exact) mass is 439 g/mol. The van der Waals surface area contributed by atoms with E-state index in [4.69, 9.17) is 16.9 Å². The summed E-state index contributed by atoms with van der Waals surface area (Å²) in [5, 5.41) is 14.8. The van der Waals surface area contributed by atoms with Crippen molar-refractivity contribution < 1.29 is 27.5 Å². The van der Waals surface area contributed by atoms with Crippen molar-refractivity contribution in [2.75, 3.05) is 18.5 Å². The van der Waals surface area contributed by atoms with Crippen LogP contribution in [0.25, 0.3) is 0 Å². The number of amides is 2. The van der Waals surface area contributed by atoms with E-state index in [9.17, 15) is 22.8 Å². The molecule has 0 aliphatic heterocycles. The lowest BCUT2D eigenvalue weighted by Crippen LogP contribution is -2.25. The highest BCUT2D eigenvalue weighted by Crippen LogP contribution is 2.25. The largest absolute Gasteiger partial charge is 0.483 e. The smallest absolute Gasteiger partial charge is 0.422 e. The van der Waals surface area contributed by atoms with Gasteiger partial charge in [-0.2, -0.15) is 18.4 Å². The Morgan fingerprint density at radius 3 is 2.47 bits per heavy atom. The molecule has 0 aliphatic carbocycles. The normalized spacial score (nSPS) is 10.8. The molecule has 0 heterocycles. The van der Waals surface area contributed by atoms with Gasteiger partial charge in [-0.05, 0) is 48.9 Å². The van der Waals surface area contributed by atoms with Gasteiger partial charge in [-0.25, -0.2) is 0 Å². The zero-order valence-corrected chi connectivity index (χ0v) is 16.3. The maximum atomic E-state index is 12.2. The molecular formula is C20H17ClF3N3O3. The lowest BCUT2D eigenvalue weighted by Gasteiger charge is -2.12. The van der Waals surface area contributed by atoms with Crippen LogP contribution in [0.1, 0.15) is 28.8 Å². The number of nitrogens with zero attached hydrogens (tertiary/aromatic N) is 1. The summed E-state index contributed by atoms with van der Waals surface area (Å²) < 4.78 is 41.3. The number of hydrogen-bond donors (Lipinski definition) is 2. The third kappa shape index (κ3) is 7.64. The van der Waals surface area contributed by atoms with E-state index in [1.54, 1.807) is 30.3 Å². The molecule has 0 radical (unpaired) electrons. The molecule has 0 aromatic heterocycles. The number of nitriles is 1. The standard InChI is InChI=1S/C20H17ClF3N3O3/c21-15-5-3-13(4-6-15)19(29)26-9-1-2-18(28)27-16-7-8-17(14(10-16)11-25)30-12-20(22,23)24/h3-8,10H,1-2,9,12H2,(H,26,29)(H,27,28). The molecular weight excluding hydrogens is 423 g/mol. The van der Waals surface area contributed by atoms with Crippen LogP contribution < -0.4 is 15.4 Å². The van der Waals surface area contributed by atoms with Gasteiger partial charge in [-0.3, -0.25) is 9.59 Å². The Balaban J connectivity index is 1.79. The van der Waals surface area contributed by atoms with Crippen molar-refractivity contribution in [2.45, 2.75) is 19.0 Å². The molecule has 0 bridgehead atoms. The van der Waals surface area contributed by atoms with E-state index in [-0.39, 0.29) is 41.8 Å². The van der Waals surface area contributed by atoms with Crippen molar-refractivity contribution in [3.05, 3.63) is 58.6 Å². The predicted octanol–water partition coefficient (Wildman–Crippen LogP) is 4.30. The summed E-state index contributed by atoms with van der Waals surface area (Å²) in [6.45, 7) is -1.25. The molecule has 2 aromatic rings. The number of rotatable bonds is 8. The van der Waals surface area contributed by atoms with E-state index in [1.807, 2.05) is 0 Å². The number of halogens is 4. The van der Waals surface area contributed by atoms with Crippen molar-refractivity contribution in [1.82, 2.24) is 5.32 Å². The number of hydrogen-bond acceptors (Lipinski definition) is 4. The minimum Gasteiger partial charge on any atom is -0.483 e. The number of nitrogens with one attached hydrogen (secondary N) is 2. The molecule has 0 atom stereocenters. The van der Waals surface area contributed by atoms with E-state index in [0.29, 0.717) is 17.0 Å². The van der Waals surface area contributed by atoms with Crippen LogP contribution in [0.15, 0.2) is 42.5 Å². The van der Waals surface area contributed by atoms with Gasteiger partial charge in [-0.15, -0.1) is 0 Å². The minimum atomic E-state index is -4.53. The first-order chi connectivity index (χ1) is 14.2. The van der Waals surface area contributed by atoms with Gasteiger partial charge in [-0.1, -0.05) is 11.6 Å². The van der Waals surface area contributed by atoms with Crippen molar-refractivity contribution in [1.29, 1.82) is 5.26 Å². The zero-order valence-electron chi connectivity index (χ0n) is 15.6. The van der Waals surface area contributed by atoms with Crippen molar-refractivity contribution >= 4 is 29.1 Å². The third-order valence-electron chi connectivity index (χ3n) is 3.75. The summed E-state index contributed by atoms with van der Waals surface area (Å²) in [5.74, 6) is -0.887. The fourth-order valence-electron chi connectivity index (χ4n) is 2.36. The van der Waals surface area contributed by atoms with Gasteiger partial charge < -0.3 is 15.4 Å². The van der Waals surface area contributed by atoms with E-state index < -0.39 is 12.8 Å². The summed E-state index contributed by atoms with van der Waals surface area (Å²) in [6.07, 6.45) is -4.07. The second-order valence-corrected chi connectivity index (χ2v) is 6.58. The molecule has 0 unspecified atom stereocenters. The summed E-state index contributed by atoms with van der Waals surface area (Å²) in [6, 6.07) is 11.8. The Morgan fingerprint density at radius 1 is 1.13 bits per heavy atom. The Kier molecular flexibility index (Phi) is 8.07. The molecule has 6 nitrogen and oxygen atoms in total. The molecule has 0 fully saturated rings. The van der Waals surface area contributed by atoms with Crippen LogP contribution in [0, 0.1) is 11.3 Å². The molecule has 0 aliphatic rings. The summed E-state index contributed by atoms with van der Waals surface area (Å²) in [5.41, 5.74) is 0.564. The second-order valence-electron chi connectivity index (χ2n) is 6.14. The highest BCUT2D eigenvalue weighted by atomic mass is 35.5. The SMILES string of the molecule is N#Cc1cc(NC(=O)CCCNC(=O)c2ccc(Cl)cc2)ccc1OCC(F)(F)F. The average molecular weight is 440 g/mol. The first-order valence-electron chi connectivity index (χ1n) is 8.75. The van der Waals surface area contributed by atoms with E-state index in [0.717, 1.165) is 0 Å². The quantitative estimate of drug-likeness (QED) is 0.600. The molecule has 2 amide bonds. The minimum absolute atomic E-state index is 0.0924. The molecule has 2 rings (SSSR count). The van der Waals surface area contributed by atoms with E-state index >= 15 is 0 Å². The number of ether oxygens (including phenoxy) is 1. The van der Waals surface area contributed by atoms with Gasteiger partial charge in [0.1, 0.15) is 11.8 Å². The Morgan fingerprint density at radius 2 is 1.83 bits per heavy atom. The zero-order chi connectivity index (χ0) is 22.1. The first kappa shape index (κ1) is 23.0. The highest BCUT2D eigenvalue weighted by molar-refractivity contribution is 6.30. The van der Waals surface area contributed by atoms with Crippen LogP contribution in [0.5, 0.6) is 5.75 Å². The van der Waals surface area contributed by atoms with Crippen LogP contribution in [0.3, 0.4) is 0 Å². The molecule has 2 N–H and O–H groups in total. The lowest BCUT2D eigenvalue weighted by atomic mass is 10.2. The van der Waals surface area contributed by atoms with Gasteiger partial charge >= 0.3 is 6.18 Å². The van der Waals surface area contributed by atoms with Crippen molar-refractivity contribution in [2.24, 2.45) is 0 Å². The number of carbonyl (C=O) groups excluding carboxylic acids is 2. The van der Waals surface area contributed by atoms with Gasteiger partial charge in [0, 0.05) is 29.2 Å². The van der Waals surface area contributed by atoms with Gasteiger partial charge in [0.05, 0.1) is 5.56 Å². The number of alkyl halides is 3. The predicted molar refractivity (Wildman–Crippen MR) is 104 cm³/mol. The summed E-state index contributed by atoms with van der Waals surface area (Å²) >= 11 is 5.76. The summed E-state index contributed by atoms with van der Waals surface area (Å²) in [4.78, 5) is 23.9. The van der Waals surface area contributed by atoms with E-state index in [2.05, 4.69) is 15.4 Å².